The van der Waals surface area contributed by atoms with E-state index in [4.69, 9.17) is 9.57 Å². The van der Waals surface area contributed by atoms with E-state index in [0.717, 1.165) is 55.1 Å². The van der Waals surface area contributed by atoms with Gasteiger partial charge in [-0.2, -0.15) is 8.42 Å². The van der Waals surface area contributed by atoms with Crippen molar-refractivity contribution in [3.05, 3.63) is 90.8 Å². The lowest BCUT2D eigenvalue weighted by molar-refractivity contribution is -0.128. The van der Waals surface area contributed by atoms with Gasteiger partial charge in [0.2, 0.25) is 0 Å². The summed E-state index contributed by atoms with van der Waals surface area (Å²) in [7, 11) is -1.97. The molecule has 0 saturated carbocycles. The second-order valence-electron chi connectivity index (χ2n) is 10.3. The van der Waals surface area contributed by atoms with E-state index in [-0.39, 0.29) is 17.1 Å². The highest BCUT2D eigenvalue weighted by molar-refractivity contribution is 7.92. The second kappa shape index (κ2) is 13.0. The van der Waals surface area contributed by atoms with Crippen molar-refractivity contribution in [3.63, 3.8) is 0 Å². The SMILES string of the molecule is Cc1ccc(S(=O)(=O)N(OC=O)c2ccc(Nc3cc(-c4ccc(OCC5CCN(C)CC5)cc4)ncn3)cc2)cc1. The zero-order valence-electron chi connectivity index (χ0n) is 23.5. The van der Waals surface area contributed by atoms with Gasteiger partial charge >= 0.3 is 6.47 Å². The van der Waals surface area contributed by atoms with Crippen LogP contribution in [-0.2, 0) is 19.7 Å². The number of ether oxygens (including phenoxy) is 1. The molecule has 0 atom stereocenters. The summed E-state index contributed by atoms with van der Waals surface area (Å²) >= 11 is 0. The smallest absolute Gasteiger partial charge is 0.322 e. The summed E-state index contributed by atoms with van der Waals surface area (Å²) in [6, 6.07) is 22.4. The summed E-state index contributed by atoms with van der Waals surface area (Å²) in [6.07, 6.45) is 3.79. The molecule has 1 saturated heterocycles. The lowest BCUT2D eigenvalue weighted by Crippen LogP contribution is -2.32. The molecule has 0 spiro atoms. The molecule has 0 amide bonds. The maximum Gasteiger partial charge on any atom is 0.322 e. The highest BCUT2D eigenvalue weighted by Gasteiger charge is 2.27. The van der Waals surface area contributed by atoms with Gasteiger partial charge in [-0.3, -0.25) is 4.79 Å². The summed E-state index contributed by atoms with van der Waals surface area (Å²) < 4.78 is 32.9. The monoisotopic (exact) mass is 587 g/mol. The van der Waals surface area contributed by atoms with Gasteiger partial charge in [-0.05, 0) is 106 Å². The van der Waals surface area contributed by atoms with E-state index in [2.05, 4.69) is 27.2 Å². The average Bonchev–Trinajstić information content (AvgIpc) is 3.01. The maximum absolute atomic E-state index is 13.1. The molecule has 10 nitrogen and oxygen atoms in total. The first kappa shape index (κ1) is 29.0. The fraction of sp³-hybridized carbons (Fsp3) is 0.258. The van der Waals surface area contributed by atoms with Crippen LogP contribution in [-0.4, -0.2) is 56.5 Å². The van der Waals surface area contributed by atoms with Gasteiger partial charge in [-0.25, -0.2) is 9.97 Å². The molecule has 1 N–H and O–H groups in total. The van der Waals surface area contributed by atoms with Gasteiger partial charge in [-0.15, -0.1) is 0 Å². The third kappa shape index (κ3) is 7.04. The molecule has 218 valence electrons. The number of hydrogen-bond donors (Lipinski definition) is 1. The van der Waals surface area contributed by atoms with E-state index < -0.39 is 10.0 Å². The van der Waals surface area contributed by atoms with Gasteiger partial charge in [0.25, 0.3) is 10.0 Å². The fourth-order valence-corrected chi connectivity index (χ4v) is 5.88. The van der Waals surface area contributed by atoms with Crippen LogP contribution in [0.5, 0.6) is 5.75 Å². The number of anilines is 3. The highest BCUT2D eigenvalue weighted by atomic mass is 32.2. The molecular formula is C31H33N5O5S. The molecule has 1 aliphatic heterocycles. The zero-order valence-corrected chi connectivity index (χ0v) is 24.3. The van der Waals surface area contributed by atoms with E-state index in [1.165, 1.54) is 30.6 Å². The topological polar surface area (TPSA) is 114 Å². The van der Waals surface area contributed by atoms with E-state index in [9.17, 15) is 13.2 Å². The van der Waals surface area contributed by atoms with Crippen molar-refractivity contribution in [1.29, 1.82) is 0 Å². The average molecular weight is 588 g/mol. The molecule has 5 rings (SSSR count). The normalized spacial score (nSPS) is 14.2. The number of likely N-dealkylation sites (tertiary alicyclic amines) is 1. The van der Waals surface area contributed by atoms with Crippen LogP contribution in [0.4, 0.5) is 17.2 Å². The molecule has 1 fully saturated rings. The third-order valence-corrected chi connectivity index (χ3v) is 8.77. The highest BCUT2D eigenvalue weighted by Crippen LogP contribution is 2.28. The summed E-state index contributed by atoms with van der Waals surface area (Å²) in [5, 5.41) is 3.20. The molecule has 1 aliphatic rings. The number of sulfonamides is 1. The van der Waals surface area contributed by atoms with E-state index in [0.29, 0.717) is 21.9 Å². The number of hydrogen-bond acceptors (Lipinski definition) is 9. The van der Waals surface area contributed by atoms with Crippen molar-refractivity contribution >= 4 is 33.7 Å². The van der Waals surface area contributed by atoms with Crippen LogP contribution in [0.15, 0.2) is 90.1 Å². The molecule has 11 heteroatoms. The van der Waals surface area contributed by atoms with Crippen molar-refractivity contribution in [2.75, 3.05) is 36.5 Å². The Labute approximate surface area is 245 Å². The van der Waals surface area contributed by atoms with Crippen molar-refractivity contribution in [3.8, 4) is 17.0 Å². The third-order valence-electron chi connectivity index (χ3n) is 7.17. The number of aryl methyl sites for hydroxylation is 1. The van der Waals surface area contributed by atoms with Crippen LogP contribution in [0.3, 0.4) is 0 Å². The van der Waals surface area contributed by atoms with Crippen molar-refractivity contribution in [2.45, 2.75) is 24.7 Å². The van der Waals surface area contributed by atoms with Gasteiger partial charge in [-0.1, -0.05) is 22.2 Å². The Morgan fingerprint density at radius 2 is 1.67 bits per heavy atom. The molecular weight excluding hydrogens is 554 g/mol. The Hall–Kier alpha value is -4.48. The van der Waals surface area contributed by atoms with E-state index in [1.807, 2.05) is 37.3 Å². The number of rotatable bonds is 11. The molecule has 42 heavy (non-hydrogen) atoms. The van der Waals surface area contributed by atoms with Crippen molar-refractivity contribution in [2.24, 2.45) is 5.92 Å². The first-order valence-corrected chi connectivity index (χ1v) is 15.1. The molecule has 1 aromatic heterocycles. The summed E-state index contributed by atoms with van der Waals surface area (Å²) in [6.45, 7) is 4.89. The quantitative estimate of drug-likeness (QED) is 0.187. The van der Waals surface area contributed by atoms with Crippen LogP contribution < -0.4 is 14.5 Å². The van der Waals surface area contributed by atoms with Crippen LogP contribution in [0.2, 0.25) is 0 Å². The minimum atomic E-state index is -4.13. The fourth-order valence-electron chi connectivity index (χ4n) is 4.66. The molecule has 3 aromatic carbocycles. The Morgan fingerprint density at radius 3 is 2.33 bits per heavy atom. The summed E-state index contributed by atoms with van der Waals surface area (Å²) in [5.41, 5.74) is 3.38. The van der Waals surface area contributed by atoms with Gasteiger partial charge in [0, 0.05) is 17.3 Å². The maximum atomic E-state index is 13.1. The zero-order chi connectivity index (χ0) is 29.5. The van der Waals surface area contributed by atoms with Gasteiger partial charge < -0.3 is 19.8 Å². The molecule has 0 bridgehead atoms. The lowest BCUT2D eigenvalue weighted by Gasteiger charge is -2.28. The van der Waals surface area contributed by atoms with E-state index >= 15 is 0 Å². The standard InChI is InChI=1S/C31H33N5O5S/c1-23-3-13-29(14-4-23)42(38,39)36(41-22-37)27-9-7-26(8-10-27)34-31-19-30(32-21-33-31)25-5-11-28(12-6-25)40-20-24-15-17-35(2)18-16-24/h3-14,19,21-22,24H,15-18,20H2,1-2H3,(H,32,33,34). The molecule has 0 aliphatic carbocycles. The van der Waals surface area contributed by atoms with Crippen molar-refractivity contribution in [1.82, 2.24) is 14.9 Å². The number of carbonyl (C=O) groups excluding carboxylic acids is 1. The predicted octanol–water partition coefficient (Wildman–Crippen LogP) is 5.20. The van der Waals surface area contributed by atoms with Crippen molar-refractivity contribution < 1.29 is 22.8 Å². The predicted molar refractivity (Wildman–Crippen MR) is 161 cm³/mol. The first-order chi connectivity index (χ1) is 20.3. The number of aromatic nitrogens is 2. The molecule has 2 heterocycles. The van der Waals surface area contributed by atoms with Crippen LogP contribution in [0.25, 0.3) is 11.3 Å². The van der Waals surface area contributed by atoms with Crippen LogP contribution in [0.1, 0.15) is 18.4 Å². The summed E-state index contributed by atoms with van der Waals surface area (Å²) in [5.74, 6) is 1.98. The Balaban J connectivity index is 1.24. The largest absolute Gasteiger partial charge is 0.493 e. The number of benzene rings is 3. The number of nitrogens with zero attached hydrogens (tertiary/aromatic N) is 4. The van der Waals surface area contributed by atoms with Gasteiger partial charge in [0.1, 0.15) is 17.9 Å². The Bertz CT molecular complexity index is 1590. The number of nitrogens with one attached hydrogen (secondary N) is 1. The van der Waals surface area contributed by atoms with Crippen LogP contribution in [0, 0.1) is 12.8 Å². The molecule has 0 radical (unpaired) electrons. The lowest BCUT2D eigenvalue weighted by atomic mass is 9.98. The summed E-state index contributed by atoms with van der Waals surface area (Å²) in [4.78, 5) is 27.1. The number of carbonyl (C=O) groups is 1. The van der Waals surface area contributed by atoms with Gasteiger partial charge in [0.05, 0.1) is 22.9 Å². The number of piperidine rings is 1. The molecule has 0 unspecified atom stereocenters. The Kier molecular flexibility index (Phi) is 8.99. The minimum absolute atomic E-state index is 0.00233. The second-order valence-corrected chi connectivity index (χ2v) is 12.0. The van der Waals surface area contributed by atoms with Crippen LogP contribution >= 0.6 is 0 Å². The Morgan fingerprint density at radius 1 is 0.976 bits per heavy atom. The van der Waals surface area contributed by atoms with Gasteiger partial charge in [0.15, 0.2) is 0 Å². The molecule has 4 aromatic rings. The van der Waals surface area contributed by atoms with E-state index in [1.54, 1.807) is 24.3 Å². The minimum Gasteiger partial charge on any atom is -0.493 e. The first-order valence-electron chi connectivity index (χ1n) is 13.6.